The van der Waals surface area contributed by atoms with Crippen LogP contribution in [0.25, 0.3) is 11.4 Å². The lowest BCUT2D eigenvalue weighted by molar-refractivity contribution is -0.141. The molecule has 0 bridgehead atoms. The molecule has 0 saturated carbocycles. The highest BCUT2D eigenvalue weighted by molar-refractivity contribution is 6.30. The summed E-state index contributed by atoms with van der Waals surface area (Å²) in [5, 5.41) is 14.2. The molecule has 0 radical (unpaired) electrons. The SMILES string of the molecule is CCCCc1nc(Cl)c(C(C(=O)OC)c2ccc(OCc3ccc(-c4nn[nH]n4)cc3)cc2)[nH]1. The molecule has 34 heavy (non-hydrogen) atoms. The smallest absolute Gasteiger partial charge is 0.319 e. The van der Waals surface area contributed by atoms with Crippen molar-refractivity contribution in [1.82, 2.24) is 30.6 Å². The van der Waals surface area contributed by atoms with E-state index in [4.69, 9.17) is 21.1 Å². The summed E-state index contributed by atoms with van der Waals surface area (Å²) in [5.74, 6) is 0.864. The summed E-state index contributed by atoms with van der Waals surface area (Å²) >= 11 is 6.37. The van der Waals surface area contributed by atoms with Crippen molar-refractivity contribution in [3.63, 3.8) is 0 Å². The van der Waals surface area contributed by atoms with Crippen molar-refractivity contribution < 1.29 is 14.3 Å². The van der Waals surface area contributed by atoms with Gasteiger partial charge in [0.15, 0.2) is 5.15 Å². The number of tetrazole rings is 1. The van der Waals surface area contributed by atoms with Crippen LogP contribution in [0.5, 0.6) is 5.75 Å². The van der Waals surface area contributed by atoms with E-state index in [0.717, 1.165) is 41.8 Å². The Bertz CT molecular complexity index is 1210. The van der Waals surface area contributed by atoms with Crippen LogP contribution in [0.15, 0.2) is 48.5 Å². The number of unbranched alkanes of at least 4 members (excludes halogenated alkanes) is 1. The Morgan fingerprint density at radius 1 is 1.12 bits per heavy atom. The van der Waals surface area contributed by atoms with Crippen molar-refractivity contribution >= 4 is 17.6 Å². The second-order valence-electron chi connectivity index (χ2n) is 7.74. The normalized spacial score (nSPS) is 11.9. The van der Waals surface area contributed by atoms with Crippen molar-refractivity contribution in [1.29, 1.82) is 0 Å². The molecular formula is C24H25ClN6O3. The molecule has 0 fully saturated rings. The molecule has 176 valence electrons. The largest absolute Gasteiger partial charge is 0.489 e. The Kier molecular flexibility index (Phi) is 7.54. The van der Waals surface area contributed by atoms with Gasteiger partial charge >= 0.3 is 5.97 Å². The van der Waals surface area contributed by atoms with Gasteiger partial charge in [-0.3, -0.25) is 4.79 Å². The third kappa shape index (κ3) is 5.43. The zero-order valence-electron chi connectivity index (χ0n) is 18.9. The molecule has 0 spiro atoms. The molecule has 4 rings (SSSR count). The summed E-state index contributed by atoms with van der Waals surface area (Å²) in [6, 6.07) is 15.0. The number of carbonyl (C=O) groups is 1. The number of benzene rings is 2. The number of hydrogen-bond acceptors (Lipinski definition) is 7. The van der Waals surface area contributed by atoms with Crippen molar-refractivity contribution in [2.75, 3.05) is 7.11 Å². The second kappa shape index (κ2) is 10.9. The van der Waals surface area contributed by atoms with Crippen LogP contribution in [0.4, 0.5) is 0 Å². The fourth-order valence-corrected chi connectivity index (χ4v) is 3.82. The first-order valence-corrected chi connectivity index (χ1v) is 11.3. The van der Waals surface area contributed by atoms with E-state index in [1.54, 1.807) is 0 Å². The van der Waals surface area contributed by atoms with Crippen LogP contribution >= 0.6 is 11.6 Å². The minimum Gasteiger partial charge on any atom is -0.489 e. The van der Waals surface area contributed by atoms with Crippen molar-refractivity contribution in [2.24, 2.45) is 0 Å². The topological polar surface area (TPSA) is 119 Å². The summed E-state index contributed by atoms with van der Waals surface area (Å²) in [4.78, 5) is 20.2. The van der Waals surface area contributed by atoms with Gasteiger partial charge in [-0.15, -0.1) is 10.2 Å². The number of hydrogen-bond donors (Lipinski definition) is 2. The van der Waals surface area contributed by atoms with E-state index in [0.29, 0.717) is 23.9 Å². The molecule has 2 aromatic heterocycles. The first-order valence-electron chi connectivity index (χ1n) is 11.0. The lowest BCUT2D eigenvalue weighted by Crippen LogP contribution is -2.16. The monoisotopic (exact) mass is 480 g/mol. The van der Waals surface area contributed by atoms with Gasteiger partial charge < -0.3 is 14.5 Å². The average Bonchev–Trinajstić information content (AvgIpc) is 3.53. The van der Waals surface area contributed by atoms with Gasteiger partial charge in [-0.1, -0.05) is 61.3 Å². The van der Waals surface area contributed by atoms with Gasteiger partial charge in [-0.25, -0.2) is 4.98 Å². The zero-order chi connectivity index (χ0) is 23.9. The average molecular weight is 481 g/mol. The molecular weight excluding hydrogens is 456 g/mol. The molecule has 0 aliphatic rings. The molecule has 0 aliphatic carbocycles. The predicted molar refractivity (Wildman–Crippen MR) is 126 cm³/mol. The number of aryl methyl sites for hydroxylation is 1. The van der Waals surface area contributed by atoms with Crippen molar-refractivity contribution in [2.45, 2.75) is 38.7 Å². The Morgan fingerprint density at radius 2 is 1.88 bits per heavy atom. The Hall–Kier alpha value is -3.72. The van der Waals surface area contributed by atoms with Gasteiger partial charge in [0.05, 0.1) is 12.8 Å². The molecule has 10 heteroatoms. The number of methoxy groups -OCH3 is 1. The fourth-order valence-electron chi connectivity index (χ4n) is 3.56. The predicted octanol–water partition coefficient (Wildman–Crippen LogP) is 4.47. The highest BCUT2D eigenvalue weighted by atomic mass is 35.5. The number of ether oxygens (including phenoxy) is 2. The third-order valence-electron chi connectivity index (χ3n) is 5.40. The maximum atomic E-state index is 12.6. The number of halogens is 1. The maximum absolute atomic E-state index is 12.6. The number of nitrogens with zero attached hydrogens (tertiary/aromatic N) is 4. The summed E-state index contributed by atoms with van der Waals surface area (Å²) in [7, 11) is 1.36. The number of rotatable bonds is 10. The standard InChI is InChI=1S/C24H25ClN6O3/c1-3-4-5-19-26-21(22(25)27-19)20(24(32)33-2)16-10-12-18(13-11-16)34-14-15-6-8-17(9-7-15)23-28-30-31-29-23/h6-13,20H,3-5,14H2,1-2H3,(H,26,27)(H,28,29,30,31). The van der Waals surface area contributed by atoms with Crippen LogP contribution in [-0.2, 0) is 22.6 Å². The summed E-state index contributed by atoms with van der Waals surface area (Å²) in [6.07, 6.45) is 2.80. The van der Waals surface area contributed by atoms with Gasteiger partial charge in [0.25, 0.3) is 0 Å². The second-order valence-corrected chi connectivity index (χ2v) is 8.10. The van der Waals surface area contributed by atoms with Crippen LogP contribution < -0.4 is 4.74 Å². The lowest BCUT2D eigenvalue weighted by atomic mass is 9.96. The van der Waals surface area contributed by atoms with E-state index >= 15 is 0 Å². The van der Waals surface area contributed by atoms with Gasteiger partial charge in [0.2, 0.25) is 5.82 Å². The summed E-state index contributed by atoms with van der Waals surface area (Å²) < 4.78 is 11.0. The van der Waals surface area contributed by atoms with Crippen LogP contribution in [0.1, 0.15) is 48.3 Å². The van der Waals surface area contributed by atoms with E-state index in [1.165, 1.54) is 7.11 Å². The minimum atomic E-state index is -0.702. The molecule has 0 amide bonds. The molecule has 2 heterocycles. The van der Waals surface area contributed by atoms with E-state index in [1.807, 2.05) is 48.5 Å². The third-order valence-corrected chi connectivity index (χ3v) is 5.69. The van der Waals surface area contributed by atoms with Gasteiger partial charge in [-0.2, -0.15) is 5.21 Å². The number of aromatic nitrogens is 6. The van der Waals surface area contributed by atoms with Crippen LogP contribution in [-0.4, -0.2) is 43.7 Å². The molecule has 1 atom stereocenters. The summed E-state index contributed by atoms with van der Waals surface area (Å²) in [6.45, 7) is 2.50. The van der Waals surface area contributed by atoms with Gasteiger partial charge in [0.1, 0.15) is 24.1 Å². The highest BCUT2D eigenvalue weighted by Crippen LogP contribution is 2.31. The molecule has 4 aromatic rings. The van der Waals surface area contributed by atoms with Gasteiger partial charge in [-0.05, 0) is 34.9 Å². The molecule has 2 N–H and O–H groups in total. The first kappa shape index (κ1) is 23.4. The highest BCUT2D eigenvalue weighted by Gasteiger charge is 2.28. The molecule has 2 aromatic carbocycles. The van der Waals surface area contributed by atoms with Gasteiger partial charge in [0, 0.05) is 12.0 Å². The first-order chi connectivity index (χ1) is 16.6. The number of H-pyrrole nitrogens is 2. The fraction of sp³-hybridized carbons (Fsp3) is 0.292. The number of nitrogens with one attached hydrogen (secondary N) is 2. The number of esters is 1. The maximum Gasteiger partial charge on any atom is 0.319 e. The van der Waals surface area contributed by atoms with Crippen molar-refractivity contribution in [3.05, 3.63) is 76.3 Å². The van der Waals surface area contributed by atoms with Crippen molar-refractivity contribution in [3.8, 4) is 17.1 Å². The number of imidazole rings is 1. The Morgan fingerprint density at radius 3 is 2.53 bits per heavy atom. The Balaban J connectivity index is 1.45. The summed E-state index contributed by atoms with van der Waals surface area (Å²) in [5.41, 5.74) is 3.13. The lowest BCUT2D eigenvalue weighted by Gasteiger charge is -2.15. The number of aromatic amines is 2. The minimum absolute atomic E-state index is 0.283. The molecule has 0 saturated heterocycles. The van der Waals surface area contributed by atoms with E-state index < -0.39 is 11.9 Å². The van der Waals surface area contributed by atoms with E-state index in [-0.39, 0.29) is 5.15 Å². The zero-order valence-corrected chi connectivity index (χ0v) is 19.7. The van der Waals surface area contributed by atoms with E-state index in [2.05, 4.69) is 37.5 Å². The van der Waals surface area contributed by atoms with Crippen LogP contribution in [0, 0.1) is 0 Å². The molecule has 1 unspecified atom stereocenters. The Labute approximate surface area is 201 Å². The van der Waals surface area contributed by atoms with Crippen LogP contribution in [0.3, 0.4) is 0 Å². The number of carbonyl (C=O) groups excluding carboxylic acids is 1. The van der Waals surface area contributed by atoms with E-state index in [9.17, 15) is 4.79 Å². The quantitative estimate of drug-likeness (QED) is 0.321. The molecule has 0 aliphatic heterocycles. The van der Waals surface area contributed by atoms with Crippen LogP contribution in [0.2, 0.25) is 5.15 Å². The molecule has 9 nitrogen and oxygen atoms in total.